The standard InChI is InChI=1S/C12H18N2O3/c1-9(8-17-3)7-13-11-6-4-5-10(2)12(11)14(15)16/h4-6,9,13H,7-8H2,1-3H3. The molecule has 0 amide bonds. The number of ether oxygens (including phenoxy) is 1. The quantitative estimate of drug-likeness (QED) is 0.611. The second kappa shape index (κ2) is 6.20. The van der Waals surface area contributed by atoms with Crippen molar-refractivity contribution in [3.05, 3.63) is 33.9 Å². The topological polar surface area (TPSA) is 64.4 Å². The van der Waals surface area contributed by atoms with Gasteiger partial charge in [-0.2, -0.15) is 0 Å². The number of hydrogen-bond acceptors (Lipinski definition) is 4. The van der Waals surface area contributed by atoms with Crippen molar-refractivity contribution < 1.29 is 9.66 Å². The molecule has 0 fully saturated rings. The molecule has 1 N–H and O–H groups in total. The lowest BCUT2D eigenvalue weighted by atomic mass is 10.1. The van der Waals surface area contributed by atoms with Gasteiger partial charge in [0.1, 0.15) is 5.69 Å². The average molecular weight is 238 g/mol. The molecule has 0 saturated carbocycles. The van der Waals surface area contributed by atoms with Crippen LogP contribution in [0.3, 0.4) is 0 Å². The summed E-state index contributed by atoms with van der Waals surface area (Å²) in [6.07, 6.45) is 0. The molecule has 1 aromatic carbocycles. The number of anilines is 1. The lowest BCUT2D eigenvalue weighted by molar-refractivity contribution is -0.384. The van der Waals surface area contributed by atoms with Crippen molar-refractivity contribution in [2.24, 2.45) is 5.92 Å². The number of methoxy groups -OCH3 is 1. The van der Waals surface area contributed by atoms with E-state index in [9.17, 15) is 10.1 Å². The molecule has 1 rings (SSSR count). The zero-order valence-electron chi connectivity index (χ0n) is 10.4. The van der Waals surface area contributed by atoms with Gasteiger partial charge in [0.05, 0.1) is 11.5 Å². The van der Waals surface area contributed by atoms with Gasteiger partial charge >= 0.3 is 0 Å². The summed E-state index contributed by atoms with van der Waals surface area (Å²) in [6.45, 7) is 5.05. The van der Waals surface area contributed by atoms with Crippen molar-refractivity contribution in [2.45, 2.75) is 13.8 Å². The van der Waals surface area contributed by atoms with Gasteiger partial charge in [-0.15, -0.1) is 0 Å². The van der Waals surface area contributed by atoms with Crippen LogP contribution in [0, 0.1) is 23.0 Å². The van der Waals surface area contributed by atoms with E-state index in [1.54, 1.807) is 26.2 Å². The number of aryl methyl sites for hydroxylation is 1. The fourth-order valence-corrected chi connectivity index (χ4v) is 1.67. The summed E-state index contributed by atoms with van der Waals surface area (Å²) < 4.78 is 5.02. The number of rotatable bonds is 6. The van der Waals surface area contributed by atoms with Crippen LogP contribution in [0.2, 0.25) is 0 Å². The molecule has 5 heteroatoms. The van der Waals surface area contributed by atoms with E-state index in [-0.39, 0.29) is 10.6 Å². The zero-order valence-corrected chi connectivity index (χ0v) is 10.4. The molecule has 0 radical (unpaired) electrons. The maximum Gasteiger partial charge on any atom is 0.295 e. The maximum atomic E-state index is 11.0. The van der Waals surface area contributed by atoms with Crippen LogP contribution in [-0.2, 0) is 4.74 Å². The minimum absolute atomic E-state index is 0.150. The van der Waals surface area contributed by atoms with E-state index in [0.29, 0.717) is 30.3 Å². The smallest absolute Gasteiger partial charge is 0.295 e. The third-order valence-corrected chi connectivity index (χ3v) is 2.51. The Balaban J connectivity index is 2.77. The van der Waals surface area contributed by atoms with E-state index in [1.807, 2.05) is 13.0 Å². The highest BCUT2D eigenvalue weighted by molar-refractivity contribution is 5.64. The molecule has 1 atom stereocenters. The summed E-state index contributed by atoms with van der Waals surface area (Å²) in [7, 11) is 1.64. The Hall–Kier alpha value is -1.62. The van der Waals surface area contributed by atoms with Gasteiger partial charge in [0.2, 0.25) is 0 Å². The minimum Gasteiger partial charge on any atom is -0.384 e. The van der Waals surface area contributed by atoms with Crippen LogP contribution >= 0.6 is 0 Å². The molecule has 0 aliphatic rings. The number of nitrogens with zero attached hydrogens (tertiary/aromatic N) is 1. The monoisotopic (exact) mass is 238 g/mol. The maximum absolute atomic E-state index is 11.0. The predicted octanol–water partition coefficient (Wildman–Crippen LogP) is 2.60. The molecule has 0 aromatic heterocycles. The first-order chi connectivity index (χ1) is 8.06. The van der Waals surface area contributed by atoms with Crippen molar-refractivity contribution in [2.75, 3.05) is 25.6 Å². The highest BCUT2D eigenvalue weighted by Crippen LogP contribution is 2.27. The number of nitro groups is 1. The Kier molecular flexibility index (Phi) is 4.90. The number of para-hydroxylation sites is 1. The Labute approximate surface area is 101 Å². The normalized spacial score (nSPS) is 12.2. The molecule has 5 nitrogen and oxygen atoms in total. The van der Waals surface area contributed by atoms with Crippen LogP contribution < -0.4 is 5.32 Å². The van der Waals surface area contributed by atoms with Gasteiger partial charge in [-0.3, -0.25) is 10.1 Å². The molecule has 94 valence electrons. The second-order valence-electron chi connectivity index (χ2n) is 4.17. The van der Waals surface area contributed by atoms with Gasteiger partial charge in [-0.25, -0.2) is 0 Å². The first-order valence-electron chi connectivity index (χ1n) is 5.53. The van der Waals surface area contributed by atoms with Crippen molar-refractivity contribution in [1.82, 2.24) is 0 Å². The summed E-state index contributed by atoms with van der Waals surface area (Å²) in [4.78, 5) is 10.6. The molecule has 0 spiro atoms. The Bertz CT molecular complexity index is 393. The minimum atomic E-state index is -0.349. The Morgan fingerprint density at radius 3 is 2.82 bits per heavy atom. The molecule has 17 heavy (non-hydrogen) atoms. The number of hydrogen-bond donors (Lipinski definition) is 1. The number of nitro benzene ring substituents is 1. The summed E-state index contributed by atoms with van der Waals surface area (Å²) in [5.41, 5.74) is 1.38. The van der Waals surface area contributed by atoms with Crippen molar-refractivity contribution in [3.8, 4) is 0 Å². The lowest BCUT2D eigenvalue weighted by Gasteiger charge is -2.13. The summed E-state index contributed by atoms with van der Waals surface area (Å²) in [5.74, 6) is 0.306. The van der Waals surface area contributed by atoms with Crippen LogP contribution in [0.4, 0.5) is 11.4 Å². The van der Waals surface area contributed by atoms with E-state index >= 15 is 0 Å². The molecule has 0 heterocycles. The third-order valence-electron chi connectivity index (χ3n) is 2.51. The van der Waals surface area contributed by atoms with Crippen molar-refractivity contribution in [1.29, 1.82) is 0 Å². The van der Waals surface area contributed by atoms with Crippen molar-refractivity contribution in [3.63, 3.8) is 0 Å². The van der Waals surface area contributed by atoms with Crippen LogP contribution in [0.15, 0.2) is 18.2 Å². The van der Waals surface area contributed by atoms with Gasteiger partial charge in [0.25, 0.3) is 5.69 Å². The van der Waals surface area contributed by atoms with Crippen LogP contribution in [-0.4, -0.2) is 25.2 Å². The number of nitrogens with one attached hydrogen (secondary N) is 1. The molecule has 1 unspecified atom stereocenters. The van der Waals surface area contributed by atoms with Crippen LogP contribution in [0.25, 0.3) is 0 Å². The van der Waals surface area contributed by atoms with Gasteiger partial charge in [-0.1, -0.05) is 19.1 Å². The molecule has 0 saturated heterocycles. The van der Waals surface area contributed by atoms with Gasteiger partial charge < -0.3 is 10.1 Å². The molecule has 0 bridgehead atoms. The Morgan fingerprint density at radius 1 is 1.53 bits per heavy atom. The first-order valence-corrected chi connectivity index (χ1v) is 5.53. The van der Waals surface area contributed by atoms with Crippen LogP contribution in [0.1, 0.15) is 12.5 Å². The van der Waals surface area contributed by atoms with Crippen molar-refractivity contribution >= 4 is 11.4 Å². The van der Waals surface area contributed by atoms with E-state index in [0.717, 1.165) is 0 Å². The largest absolute Gasteiger partial charge is 0.384 e. The fourth-order valence-electron chi connectivity index (χ4n) is 1.67. The van der Waals surface area contributed by atoms with E-state index in [1.165, 1.54) is 0 Å². The lowest BCUT2D eigenvalue weighted by Crippen LogP contribution is -2.16. The average Bonchev–Trinajstić information content (AvgIpc) is 2.26. The third kappa shape index (κ3) is 3.71. The Morgan fingerprint density at radius 2 is 2.24 bits per heavy atom. The molecule has 0 aliphatic heterocycles. The highest BCUT2D eigenvalue weighted by Gasteiger charge is 2.16. The number of benzene rings is 1. The van der Waals surface area contributed by atoms with E-state index in [2.05, 4.69) is 5.32 Å². The van der Waals surface area contributed by atoms with E-state index < -0.39 is 0 Å². The molecule has 1 aromatic rings. The van der Waals surface area contributed by atoms with Gasteiger partial charge in [0.15, 0.2) is 0 Å². The summed E-state index contributed by atoms with van der Waals surface area (Å²) in [6, 6.07) is 5.28. The summed E-state index contributed by atoms with van der Waals surface area (Å²) >= 11 is 0. The SMILES string of the molecule is COCC(C)CNc1cccc(C)c1[N+](=O)[O-]. The fraction of sp³-hybridized carbons (Fsp3) is 0.500. The first kappa shape index (κ1) is 13.4. The van der Waals surface area contributed by atoms with E-state index in [4.69, 9.17) is 4.74 Å². The zero-order chi connectivity index (χ0) is 12.8. The highest BCUT2D eigenvalue weighted by atomic mass is 16.6. The van der Waals surface area contributed by atoms with Crippen LogP contribution in [0.5, 0.6) is 0 Å². The molecular weight excluding hydrogens is 220 g/mol. The molecular formula is C12H18N2O3. The predicted molar refractivity (Wildman–Crippen MR) is 67.4 cm³/mol. The van der Waals surface area contributed by atoms with Gasteiger partial charge in [-0.05, 0) is 18.9 Å². The van der Waals surface area contributed by atoms with Gasteiger partial charge in [0, 0.05) is 19.2 Å². The second-order valence-corrected chi connectivity index (χ2v) is 4.17. The molecule has 0 aliphatic carbocycles. The summed E-state index contributed by atoms with van der Waals surface area (Å²) in [5, 5.41) is 14.1.